The van der Waals surface area contributed by atoms with E-state index >= 15 is 0 Å². The number of rotatable bonds is 13. The number of ether oxygens (including phenoxy) is 8. The molecule has 0 saturated carbocycles. The first kappa shape index (κ1) is 36.3. The molecule has 2 amide bonds. The van der Waals surface area contributed by atoms with Crippen molar-refractivity contribution in [3.63, 3.8) is 0 Å². The van der Waals surface area contributed by atoms with E-state index in [1.807, 2.05) is 6.92 Å². The molecule has 0 radical (unpaired) electrons. The fourth-order valence-electron chi connectivity index (χ4n) is 6.95. The van der Waals surface area contributed by atoms with Crippen molar-refractivity contribution in [1.82, 2.24) is 4.90 Å². The van der Waals surface area contributed by atoms with E-state index in [-0.39, 0.29) is 30.8 Å². The van der Waals surface area contributed by atoms with Gasteiger partial charge in [0.15, 0.2) is 12.1 Å². The largest absolute Gasteiger partial charge is 0.465 e. The lowest BCUT2D eigenvalue weighted by atomic mass is 9.79. The van der Waals surface area contributed by atoms with Gasteiger partial charge >= 0.3 is 12.1 Å². The van der Waals surface area contributed by atoms with Crippen LogP contribution in [0.25, 0.3) is 10.4 Å². The predicted molar refractivity (Wildman–Crippen MR) is 161 cm³/mol. The molecular weight excluding hydrogens is 604 g/mol. The Morgan fingerprint density at radius 3 is 2.43 bits per heavy atom. The van der Waals surface area contributed by atoms with Crippen LogP contribution in [0.3, 0.4) is 0 Å². The summed E-state index contributed by atoms with van der Waals surface area (Å²) < 4.78 is 48.8. The highest BCUT2D eigenvalue weighted by Crippen LogP contribution is 2.45. The number of unbranched alkanes of at least 4 members (excludes halogenated alkanes) is 2. The van der Waals surface area contributed by atoms with Gasteiger partial charge in [-0.05, 0) is 50.5 Å². The minimum atomic E-state index is -1.99. The Labute approximate surface area is 270 Å². The molecule has 15 nitrogen and oxygen atoms in total. The zero-order chi connectivity index (χ0) is 33.8. The van der Waals surface area contributed by atoms with Crippen LogP contribution in [0.2, 0.25) is 0 Å². The zero-order valence-corrected chi connectivity index (χ0v) is 28.2. The van der Waals surface area contributed by atoms with Crippen molar-refractivity contribution in [2.45, 2.75) is 135 Å². The maximum atomic E-state index is 13.6. The van der Waals surface area contributed by atoms with E-state index in [2.05, 4.69) is 30.8 Å². The van der Waals surface area contributed by atoms with Crippen LogP contribution in [0.5, 0.6) is 0 Å². The molecule has 0 aliphatic carbocycles. The maximum Gasteiger partial charge on any atom is 0.417 e. The van der Waals surface area contributed by atoms with Gasteiger partial charge in [-0.25, -0.2) is 14.5 Å². The van der Waals surface area contributed by atoms with Crippen molar-refractivity contribution in [3.05, 3.63) is 10.4 Å². The van der Waals surface area contributed by atoms with Gasteiger partial charge in [0, 0.05) is 30.9 Å². The highest BCUT2D eigenvalue weighted by molar-refractivity contribution is 5.93. The van der Waals surface area contributed by atoms with Gasteiger partial charge in [-0.15, -0.1) is 0 Å². The first-order valence-corrected chi connectivity index (χ1v) is 16.3. The monoisotopic (exact) mass is 654 g/mol. The topological polar surface area (TPSA) is 177 Å². The Kier molecular flexibility index (Phi) is 12.0. The van der Waals surface area contributed by atoms with Crippen molar-refractivity contribution in [2.75, 3.05) is 26.9 Å². The number of fused-ring (bicyclic) bond motifs is 1. The summed E-state index contributed by atoms with van der Waals surface area (Å²) in [6, 6.07) is -0.877. The van der Waals surface area contributed by atoms with E-state index in [0.717, 1.165) is 24.2 Å². The number of amides is 2. The van der Waals surface area contributed by atoms with Crippen LogP contribution in [0.1, 0.15) is 80.6 Å². The van der Waals surface area contributed by atoms with Crippen LogP contribution in [-0.4, -0.2) is 104 Å². The van der Waals surface area contributed by atoms with Crippen LogP contribution < -0.4 is 0 Å². The minimum absolute atomic E-state index is 0.0369. The Balaban J connectivity index is 1.55. The van der Waals surface area contributed by atoms with E-state index < -0.39 is 72.4 Å². The van der Waals surface area contributed by atoms with Gasteiger partial charge in [-0.1, -0.05) is 39.2 Å². The molecule has 11 atom stereocenters. The average Bonchev–Trinajstić information content (AvgIpc) is 3.53. The summed E-state index contributed by atoms with van der Waals surface area (Å²) in [6.45, 7) is 13.9. The molecule has 0 spiro atoms. The molecule has 4 saturated heterocycles. The quantitative estimate of drug-likeness (QED) is 0.0901. The standard InChI is InChI=1S/C31H50N4O11/c1-9-21-25(45-30(6,7)44-21)26-24-22(43-29(38)35(24)20(5)36)15-31(46-26,28(37)39-8)41-16-23-18(3)17(2)19(4)27(42-23)40-14-12-10-11-13-33-34-32/h17-19,21-27H,9-16H2,1-8H3/t17-,18+,19?,21+,22+,23?,24+,25+,26?,27-,31+/m0/s1. The molecule has 4 fully saturated rings. The highest BCUT2D eigenvalue weighted by atomic mass is 16.8. The molecule has 46 heavy (non-hydrogen) atoms. The molecule has 4 aliphatic rings. The van der Waals surface area contributed by atoms with E-state index in [0.29, 0.717) is 19.6 Å². The number of methoxy groups -OCH3 is 1. The summed E-state index contributed by atoms with van der Waals surface area (Å²) in [7, 11) is 1.23. The Bertz CT molecular complexity index is 1150. The van der Waals surface area contributed by atoms with Gasteiger partial charge in [-0.2, -0.15) is 0 Å². The van der Waals surface area contributed by atoms with Crippen molar-refractivity contribution < 1.29 is 52.3 Å². The van der Waals surface area contributed by atoms with E-state index in [9.17, 15) is 14.4 Å². The Morgan fingerprint density at radius 2 is 1.78 bits per heavy atom. The lowest BCUT2D eigenvalue weighted by Crippen LogP contribution is -2.66. The van der Waals surface area contributed by atoms with Gasteiger partial charge in [0.2, 0.25) is 5.91 Å². The van der Waals surface area contributed by atoms with Crippen LogP contribution in [-0.2, 0) is 47.5 Å². The molecule has 0 bridgehead atoms. The minimum Gasteiger partial charge on any atom is -0.465 e. The number of hydrogen-bond donors (Lipinski definition) is 0. The SMILES string of the molecule is CC[C@H]1OC(C)(C)O[C@H]1C1O[C@@](OCC2O[C@H](OCCCCCN=[N+]=[N-])C(C)[C@@H](C)[C@H]2C)(C(=O)OC)C[C@H]2OC(=O)N(C(C)=O)[C@@H]12. The van der Waals surface area contributed by atoms with Crippen LogP contribution >= 0.6 is 0 Å². The number of nitrogens with zero attached hydrogens (tertiary/aromatic N) is 4. The van der Waals surface area contributed by atoms with Gasteiger partial charge in [0.25, 0.3) is 5.79 Å². The second kappa shape index (κ2) is 15.1. The average molecular weight is 655 g/mol. The zero-order valence-electron chi connectivity index (χ0n) is 28.2. The molecule has 0 aromatic heterocycles. The number of azide groups is 1. The number of carbonyl (C=O) groups is 3. The van der Waals surface area contributed by atoms with Crippen molar-refractivity contribution >= 4 is 18.0 Å². The summed E-state index contributed by atoms with van der Waals surface area (Å²) >= 11 is 0. The van der Waals surface area contributed by atoms with Crippen LogP contribution in [0, 0.1) is 17.8 Å². The van der Waals surface area contributed by atoms with E-state index in [1.54, 1.807) is 13.8 Å². The second-order valence-electron chi connectivity index (χ2n) is 13.2. The lowest BCUT2D eigenvalue weighted by molar-refractivity contribution is -0.325. The molecule has 0 N–H and O–H groups in total. The lowest BCUT2D eigenvalue weighted by Gasteiger charge is -2.47. The summed E-state index contributed by atoms with van der Waals surface area (Å²) in [5.41, 5.74) is 8.44. The fourth-order valence-corrected chi connectivity index (χ4v) is 6.95. The van der Waals surface area contributed by atoms with Gasteiger partial charge in [-0.3, -0.25) is 4.79 Å². The molecule has 3 unspecified atom stereocenters. The van der Waals surface area contributed by atoms with Crippen molar-refractivity contribution in [3.8, 4) is 0 Å². The summed E-state index contributed by atoms with van der Waals surface area (Å²) in [6.07, 6.45) is -2.18. The third-order valence-electron chi connectivity index (χ3n) is 9.76. The molecule has 4 heterocycles. The molecule has 0 aromatic rings. The Morgan fingerprint density at radius 1 is 1.04 bits per heavy atom. The number of carbonyl (C=O) groups excluding carboxylic acids is 3. The molecule has 15 heteroatoms. The third kappa shape index (κ3) is 7.61. The number of esters is 1. The maximum absolute atomic E-state index is 13.6. The van der Waals surface area contributed by atoms with Crippen LogP contribution in [0.4, 0.5) is 4.79 Å². The predicted octanol–water partition coefficient (Wildman–Crippen LogP) is 4.46. The number of imide groups is 1. The summed E-state index contributed by atoms with van der Waals surface area (Å²) in [5, 5.41) is 3.56. The molecule has 4 rings (SSSR count). The van der Waals surface area contributed by atoms with E-state index in [4.69, 9.17) is 43.4 Å². The number of hydrogen-bond acceptors (Lipinski definition) is 12. The van der Waals surface area contributed by atoms with Gasteiger partial charge in [0.05, 0.1) is 32.3 Å². The molecule has 4 aliphatic heterocycles. The smallest absolute Gasteiger partial charge is 0.417 e. The fraction of sp³-hybridized carbons (Fsp3) is 0.903. The second-order valence-corrected chi connectivity index (χ2v) is 13.2. The van der Waals surface area contributed by atoms with Crippen molar-refractivity contribution in [1.29, 1.82) is 0 Å². The van der Waals surface area contributed by atoms with Crippen molar-refractivity contribution in [2.24, 2.45) is 22.9 Å². The first-order chi connectivity index (χ1) is 21.8. The van der Waals surface area contributed by atoms with E-state index in [1.165, 1.54) is 14.0 Å². The third-order valence-corrected chi connectivity index (χ3v) is 9.76. The summed E-state index contributed by atoms with van der Waals surface area (Å²) in [4.78, 5) is 42.9. The normalized spacial score (nSPS) is 38.5. The first-order valence-electron chi connectivity index (χ1n) is 16.3. The molecule has 0 aromatic carbocycles. The molecular formula is C31H50N4O11. The highest BCUT2D eigenvalue weighted by Gasteiger charge is 2.65. The molecule has 260 valence electrons. The van der Waals surface area contributed by atoms with Crippen LogP contribution in [0.15, 0.2) is 5.11 Å². The van der Waals surface area contributed by atoms with Gasteiger partial charge < -0.3 is 37.9 Å². The summed E-state index contributed by atoms with van der Waals surface area (Å²) in [5.74, 6) is -3.94. The van der Waals surface area contributed by atoms with Gasteiger partial charge in [0.1, 0.15) is 24.4 Å². The Hall–Kier alpha value is -2.52.